The highest BCUT2D eigenvalue weighted by molar-refractivity contribution is 7.92. The van der Waals surface area contributed by atoms with Gasteiger partial charge in [0.05, 0.1) is 9.82 Å². The summed E-state index contributed by atoms with van der Waals surface area (Å²) in [6, 6.07) is 10.5. The smallest absolute Gasteiger partial charge is 0.270 e. The number of benzene rings is 2. The molecule has 1 amide bonds. The lowest BCUT2D eigenvalue weighted by atomic mass is 10.2. The number of aromatic nitrogens is 2. The lowest BCUT2D eigenvalue weighted by molar-refractivity contribution is -0.385. The molecule has 3 rings (SSSR count). The van der Waals surface area contributed by atoms with Crippen molar-refractivity contribution in [3.05, 3.63) is 75.9 Å². The van der Waals surface area contributed by atoms with E-state index in [1.54, 1.807) is 6.92 Å². The standard InChI is InChI=1S/C19H19N5O6S/c1-13-21-18(30-22-13)6-3-11-20-19(25)14-7-9-15(10-8-14)23-31(28,29)17-5-2-4-16(12-17)24(26)27/h2,4-5,7-10,12,23H,3,6,11H2,1H3,(H,20,25). The van der Waals surface area contributed by atoms with Crippen molar-refractivity contribution >= 4 is 27.3 Å². The predicted molar refractivity (Wildman–Crippen MR) is 110 cm³/mol. The number of nitro groups is 1. The second-order valence-electron chi connectivity index (χ2n) is 6.53. The fraction of sp³-hybridized carbons (Fsp3) is 0.211. The number of nitrogens with one attached hydrogen (secondary N) is 2. The summed E-state index contributed by atoms with van der Waals surface area (Å²) < 4.78 is 32.2. The van der Waals surface area contributed by atoms with Crippen LogP contribution in [0.2, 0.25) is 0 Å². The first-order valence-corrected chi connectivity index (χ1v) is 10.7. The number of amides is 1. The Labute approximate surface area is 177 Å². The quantitative estimate of drug-likeness (QED) is 0.289. The van der Waals surface area contributed by atoms with Gasteiger partial charge in [-0.3, -0.25) is 19.6 Å². The molecule has 0 saturated carbocycles. The zero-order valence-corrected chi connectivity index (χ0v) is 17.3. The number of nitrogens with zero attached hydrogens (tertiary/aromatic N) is 3. The van der Waals surface area contributed by atoms with Gasteiger partial charge in [-0.15, -0.1) is 0 Å². The summed E-state index contributed by atoms with van der Waals surface area (Å²) in [6.45, 7) is 2.13. The van der Waals surface area contributed by atoms with Crippen LogP contribution in [-0.4, -0.2) is 35.9 Å². The molecular formula is C19H19N5O6S. The van der Waals surface area contributed by atoms with Gasteiger partial charge in [-0.1, -0.05) is 11.2 Å². The van der Waals surface area contributed by atoms with E-state index in [1.807, 2.05) is 0 Å². The van der Waals surface area contributed by atoms with Gasteiger partial charge in [0.15, 0.2) is 5.82 Å². The van der Waals surface area contributed by atoms with E-state index in [0.717, 1.165) is 6.07 Å². The van der Waals surface area contributed by atoms with Gasteiger partial charge in [0.25, 0.3) is 21.6 Å². The van der Waals surface area contributed by atoms with E-state index < -0.39 is 14.9 Å². The minimum Gasteiger partial charge on any atom is -0.352 e. The monoisotopic (exact) mass is 445 g/mol. The third-order valence-corrected chi connectivity index (χ3v) is 5.54. The van der Waals surface area contributed by atoms with Crippen molar-refractivity contribution in [2.45, 2.75) is 24.7 Å². The predicted octanol–water partition coefficient (Wildman–Crippen LogP) is 2.45. The van der Waals surface area contributed by atoms with Crippen LogP contribution in [0.3, 0.4) is 0 Å². The van der Waals surface area contributed by atoms with E-state index in [9.17, 15) is 23.3 Å². The van der Waals surface area contributed by atoms with E-state index in [4.69, 9.17) is 4.52 Å². The average molecular weight is 445 g/mol. The molecule has 0 aliphatic rings. The number of carbonyl (C=O) groups excluding carboxylic acids is 1. The molecule has 0 aliphatic heterocycles. The van der Waals surface area contributed by atoms with Crippen LogP contribution in [0, 0.1) is 17.0 Å². The molecule has 2 N–H and O–H groups in total. The molecule has 0 spiro atoms. The highest BCUT2D eigenvalue weighted by atomic mass is 32.2. The lowest BCUT2D eigenvalue weighted by Crippen LogP contribution is -2.24. The van der Waals surface area contributed by atoms with Gasteiger partial charge in [0.1, 0.15) is 0 Å². The maximum atomic E-state index is 12.5. The van der Waals surface area contributed by atoms with E-state index >= 15 is 0 Å². The molecule has 0 aliphatic carbocycles. The van der Waals surface area contributed by atoms with Crippen molar-refractivity contribution in [2.24, 2.45) is 0 Å². The SMILES string of the molecule is Cc1noc(CCCNC(=O)c2ccc(NS(=O)(=O)c3cccc([N+](=O)[O-])c3)cc2)n1. The highest BCUT2D eigenvalue weighted by Crippen LogP contribution is 2.20. The number of sulfonamides is 1. The molecule has 0 bridgehead atoms. The summed E-state index contributed by atoms with van der Waals surface area (Å²) >= 11 is 0. The van der Waals surface area contributed by atoms with Crippen LogP contribution >= 0.6 is 0 Å². The van der Waals surface area contributed by atoms with Crippen molar-refractivity contribution in [3.63, 3.8) is 0 Å². The number of aryl methyl sites for hydroxylation is 2. The molecule has 0 unspecified atom stereocenters. The second kappa shape index (κ2) is 9.34. The molecule has 12 heteroatoms. The number of carbonyl (C=O) groups is 1. The van der Waals surface area contributed by atoms with E-state index in [0.29, 0.717) is 36.7 Å². The zero-order chi connectivity index (χ0) is 22.4. The summed E-state index contributed by atoms with van der Waals surface area (Å²) in [7, 11) is -4.02. The first kappa shape index (κ1) is 21.9. The van der Waals surface area contributed by atoms with Crippen LogP contribution in [0.1, 0.15) is 28.5 Å². The molecule has 162 valence electrons. The van der Waals surface area contributed by atoms with Gasteiger partial charge in [-0.05, 0) is 43.7 Å². The summed E-state index contributed by atoms with van der Waals surface area (Å²) in [6.07, 6.45) is 1.16. The Balaban J connectivity index is 1.56. The molecule has 0 atom stereocenters. The number of nitro benzene ring substituents is 1. The number of anilines is 1. The molecule has 1 heterocycles. The third-order valence-electron chi connectivity index (χ3n) is 4.16. The fourth-order valence-corrected chi connectivity index (χ4v) is 3.75. The highest BCUT2D eigenvalue weighted by Gasteiger charge is 2.18. The van der Waals surface area contributed by atoms with Crippen LogP contribution < -0.4 is 10.0 Å². The molecule has 3 aromatic rings. The van der Waals surface area contributed by atoms with Crippen molar-refractivity contribution in [1.82, 2.24) is 15.5 Å². The van der Waals surface area contributed by atoms with Crippen LogP contribution in [0.4, 0.5) is 11.4 Å². The van der Waals surface area contributed by atoms with Gasteiger partial charge in [0, 0.05) is 36.3 Å². The van der Waals surface area contributed by atoms with Crippen molar-refractivity contribution in [3.8, 4) is 0 Å². The van der Waals surface area contributed by atoms with Crippen molar-refractivity contribution in [2.75, 3.05) is 11.3 Å². The van der Waals surface area contributed by atoms with Gasteiger partial charge in [-0.2, -0.15) is 4.98 Å². The summed E-state index contributed by atoms with van der Waals surface area (Å²) in [4.78, 5) is 26.2. The molecule has 0 saturated heterocycles. The molecule has 31 heavy (non-hydrogen) atoms. The van der Waals surface area contributed by atoms with Crippen LogP contribution in [0.5, 0.6) is 0 Å². The molecule has 0 radical (unpaired) electrons. The molecular weight excluding hydrogens is 426 g/mol. The Hall–Kier alpha value is -3.80. The molecule has 2 aromatic carbocycles. The number of rotatable bonds is 9. The van der Waals surface area contributed by atoms with Gasteiger partial charge < -0.3 is 9.84 Å². The minimum atomic E-state index is -4.02. The molecule has 11 nitrogen and oxygen atoms in total. The van der Waals surface area contributed by atoms with Gasteiger partial charge in [-0.25, -0.2) is 8.42 Å². The Morgan fingerprint density at radius 2 is 1.94 bits per heavy atom. The fourth-order valence-electron chi connectivity index (χ4n) is 2.65. The third kappa shape index (κ3) is 5.85. The zero-order valence-electron chi connectivity index (χ0n) is 16.4. The molecule has 1 aromatic heterocycles. The lowest BCUT2D eigenvalue weighted by Gasteiger charge is -2.09. The Kier molecular flexibility index (Phi) is 6.60. The summed E-state index contributed by atoms with van der Waals surface area (Å²) in [5.41, 5.74) is 0.242. The average Bonchev–Trinajstić information content (AvgIpc) is 3.16. The second-order valence-corrected chi connectivity index (χ2v) is 8.21. The Morgan fingerprint density at radius 1 is 1.19 bits per heavy atom. The van der Waals surface area contributed by atoms with Gasteiger partial charge in [0.2, 0.25) is 5.89 Å². The minimum absolute atomic E-state index is 0.217. The maximum Gasteiger partial charge on any atom is 0.270 e. The topological polar surface area (TPSA) is 157 Å². The first-order valence-electron chi connectivity index (χ1n) is 9.19. The summed E-state index contributed by atoms with van der Waals surface area (Å²) in [5.74, 6) is 0.752. The van der Waals surface area contributed by atoms with Crippen LogP contribution in [-0.2, 0) is 16.4 Å². The van der Waals surface area contributed by atoms with Crippen LogP contribution in [0.25, 0.3) is 0 Å². The summed E-state index contributed by atoms with van der Waals surface area (Å²) in [5, 5.41) is 17.3. The molecule has 0 fully saturated rings. The number of hydrogen-bond donors (Lipinski definition) is 2. The number of non-ortho nitro benzene ring substituents is 1. The first-order chi connectivity index (χ1) is 14.7. The normalized spacial score (nSPS) is 11.1. The Morgan fingerprint density at radius 3 is 2.58 bits per heavy atom. The van der Waals surface area contributed by atoms with Gasteiger partial charge >= 0.3 is 0 Å². The Bertz CT molecular complexity index is 1190. The van der Waals surface area contributed by atoms with E-state index in [-0.39, 0.29) is 22.2 Å². The largest absolute Gasteiger partial charge is 0.352 e. The maximum absolute atomic E-state index is 12.5. The van der Waals surface area contributed by atoms with Crippen molar-refractivity contribution in [1.29, 1.82) is 0 Å². The van der Waals surface area contributed by atoms with Crippen LogP contribution in [0.15, 0.2) is 57.9 Å². The van der Waals surface area contributed by atoms with Crippen molar-refractivity contribution < 1.29 is 22.7 Å². The number of hydrogen-bond acceptors (Lipinski definition) is 8. The van der Waals surface area contributed by atoms with E-state index in [2.05, 4.69) is 20.2 Å². The van der Waals surface area contributed by atoms with E-state index in [1.165, 1.54) is 42.5 Å².